The van der Waals surface area contributed by atoms with Crippen molar-refractivity contribution in [2.75, 3.05) is 56.9 Å². The van der Waals surface area contributed by atoms with Gasteiger partial charge < -0.3 is 29.7 Å². The summed E-state index contributed by atoms with van der Waals surface area (Å²) in [5, 5.41) is 16.3. The Morgan fingerprint density at radius 1 is 1.16 bits per heavy atom. The predicted octanol–water partition coefficient (Wildman–Crippen LogP) is 4.17. The minimum absolute atomic E-state index is 0.319. The lowest BCUT2D eigenvalue weighted by Gasteiger charge is -2.26. The van der Waals surface area contributed by atoms with Crippen LogP contribution in [0.25, 0.3) is 16.7 Å². The van der Waals surface area contributed by atoms with Crippen LogP contribution < -0.4 is 20.3 Å². The molecule has 0 atom stereocenters. The molecule has 194 valence electrons. The Kier molecular flexibility index (Phi) is 7.89. The molecule has 4 rings (SSSR count). The Labute approximate surface area is 221 Å². The maximum absolute atomic E-state index is 12.2. The SMILES string of the molecule is C=CC(=O)Nc1cc(Nc2nccc(-n3ccc4cc(C#N)ccc43)n2)c(OC)cc1N(C)CCN(C)C. The van der Waals surface area contributed by atoms with Gasteiger partial charge in [-0.3, -0.25) is 4.79 Å². The summed E-state index contributed by atoms with van der Waals surface area (Å²) in [5.74, 6) is 1.26. The zero-order chi connectivity index (χ0) is 27.2. The molecule has 2 aromatic heterocycles. The fraction of sp³-hybridized carbons (Fsp3) is 0.214. The molecule has 0 aliphatic carbocycles. The summed E-state index contributed by atoms with van der Waals surface area (Å²) in [7, 11) is 7.57. The molecule has 0 aliphatic heterocycles. The van der Waals surface area contributed by atoms with Crippen LogP contribution in [0.2, 0.25) is 0 Å². The van der Waals surface area contributed by atoms with E-state index in [9.17, 15) is 10.1 Å². The van der Waals surface area contributed by atoms with Crippen LogP contribution in [0, 0.1) is 11.3 Å². The molecular formula is C28H30N8O2. The number of methoxy groups -OCH3 is 1. The van der Waals surface area contributed by atoms with E-state index >= 15 is 0 Å². The number of carbonyl (C=O) groups excluding carboxylic acids is 1. The number of fused-ring (bicyclic) bond motifs is 1. The van der Waals surface area contributed by atoms with Gasteiger partial charge in [-0.2, -0.15) is 10.2 Å². The lowest BCUT2D eigenvalue weighted by Crippen LogP contribution is -2.29. The predicted molar refractivity (Wildman–Crippen MR) is 151 cm³/mol. The molecule has 0 unspecified atom stereocenters. The van der Waals surface area contributed by atoms with E-state index < -0.39 is 0 Å². The maximum atomic E-state index is 12.2. The van der Waals surface area contributed by atoms with Gasteiger partial charge >= 0.3 is 0 Å². The first-order chi connectivity index (χ1) is 18.3. The van der Waals surface area contributed by atoms with Crippen LogP contribution in [0.3, 0.4) is 0 Å². The van der Waals surface area contributed by atoms with Crippen LogP contribution in [0.4, 0.5) is 23.0 Å². The van der Waals surface area contributed by atoms with E-state index in [0.29, 0.717) is 34.5 Å². The topological polar surface area (TPSA) is 111 Å². The van der Waals surface area contributed by atoms with Crippen molar-refractivity contribution in [3.8, 4) is 17.6 Å². The summed E-state index contributed by atoms with van der Waals surface area (Å²) in [6.45, 7) is 5.14. The summed E-state index contributed by atoms with van der Waals surface area (Å²) in [5.41, 5.74) is 3.51. The highest BCUT2D eigenvalue weighted by Crippen LogP contribution is 2.38. The second-order valence-corrected chi connectivity index (χ2v) is 8.92. The average molecular weight is 511 g/mol. The summed E-state index contributed by atoms with van der Waals surface area (Å²) in [6, 6.07) is 15.1. The summed E-state index contributed by atoms with van der Waals surface area (Å²) in [4.78, 5) is 25.4. The number of ether oxygens (including phenoxy) is 1. The fourth-order valence-corrected chi connectivity index (χ4v) is 3.98. The number of nitriles is 1. The Balaban J connectivity index is 1.69. The normalized spacial score (nSPS) is 10.7. The summed E-state index contributed by atoms with van der Waals surface area (Å²) in [6.07, 6.45) is 4.80. The van der Waals surface area contributed by atoms with Crippen LogP contribution in [-0.4, -0.2) is 66.7 Å². The smallest absolute Gasteiger partial charge is 0.247 e. The van der Waals surface area contributed by atoms with Crippen molar-refractivity contribution in [2.24, 2.45) is 0 Å². The zero-order valence-corrected chi connectivity index (χ0v) is 21.9. The number of benzene rings is 2. The largest absolute Gasteiger partial charge is 0.494 e. The molecule has 0 bridgehead atoms. The Hall–Kier alpha value is -4.88. The standard InChI is InChI=1S/C28H30N8O2/c1-6-27(37)31-21-16-22(25(38-5)17-24(21)35(4)14-13-34(2)3)32-28-30-11-9-26(33-28)36-12-10-20-15-19(18-29)7-8-23(20)36/h6-12,15-17H,1,13-14H2,2-5H3,(H,31,37)(H,30,32,33). The molecule has 38 heavy (non-hydrogen) atoms. The maximum Gasteiger partial charge on any atom is 0.247 e. The Morgan fingerprint density at radius 2 is 1.97 bits per heavy atom. The highest BCUT2D eigenvalue weighted by Gasteiger charge is 2.17. The molecule has 2 heterocycles. The van der Waals surface area contributed by atoms with E-state index in [1.54, 1.807) is 31.5 Å². The van der Waals surface area contributed by atoms with Gasteiger partial charge in [-0.25, -0.2) is 4.98 Å². The first-order valence-electron chi connectivity index (χ1n) is 12.0. The number of hydrogen-bond acceptors (Lipinski definition) is 8. The van der Waals surface area contributed by atoms with Gasteiger partial charge in [0.05, 0.1) is 41.3 Å². The van der Waals surface area contributed by atoms with Gasteiger partial charge in [-0.1, -0.05) is 6.58 Å². The molecule has 0 saturated heterocycles. The van der Waals surface area contributed by atoms with Crippen LogP contribution >= 0.6 is 0 Å². The van der Waals surface area contributed by atoms with Crippen molar-refractivity contribution in [1.29, 1.82) is 5.26 Å². The summed E-state index contributed by atoms with van der Waals surface area (Å²) >= 11 is 0. The van der Waals surface area contributed by atoms with E-state index in [-0.39, 0.29) is 5.91 Å². The molecule has 2 aromatic carbocycles. The average Bonchev–Trinajstić information content (AvgIpc) is 3.35. The van der Waals surface area contributed by atoms with E-state index in [1.807, 2.05) is 56.2 Å². The van der Waals surface area contributed by atoms with Crippen molar-refractivity contribution in [3.63, 3.8) is 0 Å². The van der Waals surface area contributed by atoms with Gasteiger partial charge in [0, 0.05) is 44.0 Å². The number of hydrogen-bond donors (Lipinski definition) is 2. The number of nitrogens with zero attached hydrogens (tertiary/aromatic N) is 6. The summed E-state index contributed by atoms with van der Waals surface area (Å²) < 4.78 is 7.61. The third kappa shape index (κ3) is 5.74. The first-order valence-corrected chi connectivity index (χ1v) is 12.0. The van der Waals surface area contributed by atoms with Crippen molar-refractivity contribution in [3.05, 3.63) is 73.1 Å². The van der Waals surface area contributed by atoms with Crippen molar-refractivity contribution in [2.45, 2.75) is 0 Å². The van der Waals surface area contributed by atoms with E-state index in [2.05, 4.69) is 38.1 Å². The number of nitrogens with one attached hydrogen (secondary N) is 2. The lowest BCUT2D eigenvalue weighted by atomic mass is 10.2. The quantitative estimate of drug-likeness (QED) is 0.306. The van der Waals surface area contributed by atoms with Gasteiger partial charge in [-0.15, -0.1) is 0 Å². The molecule has 2 N–H and O–H groups in total. The minimum Gasteiger partial charge on any atom is -0.494 e. The van der Waals surface area contributed by atoms with Crippen LogP contribution in [0.1, 0.15) is 5.56 Å². The second kappa shape index (κ2) is 11.5. The lowest BCUT2D eigenvalue weighted by molar-refractivity contribution is -0.111. The van der Waals surface area contributed by atoms with E-state index in [0.717, 1.165) is 29.7 Å². The molecule has 4 aromatic rings. The first kappa shape index (κ1) is 26.2. The number of carbonyl (C=O) groups is 1. The Bertz CT molecular complexity index is 1520. The molecule has 0 fully saturated rings. The van der Waals surface area contributed by atoms with Crippen LogP contribution in [0.5, 0.6) is 5.75 Å². The minimum atomic E-state index is -0.319. The van der Waals surface area contributed by atoms with Crippen molar-refractivity contribution < 1.29 is 9.53 Å². The number of amides is 1. The fourth-order valence-electron chi connectivity index (χ4n) is 3.98. The monoisotopic (exact) mass is 510 g/mol. The Morgan fingerprint density at radius 3 is 2.68 bits per heavy atom. The molecule has 10 nitrogen and oxygen atoms in total. The van der Waals surface area contributed by atoms with Crippen LogP contribution in [0.15, 0.2) is 67.5 Å². The van der Waals surface area contributed by atoms with Gasteiger partial charge in [0.15, 0.2) is 0 Å². The van der Waals surface area contributed by atoms with Crippen molar-refractivity contribution in [1.82, 2.24) is 19.4 Å². The third-order valence-corrected chi connectivity index (χ3v) is 6.01. The van der Waals surface area contributed by atoms with Crippen molar-refractivity contribution >= 4 is 39.8 Å². The van der Waals surface area contributed by atoms with Gasteiger partial charge in [0.2, 0.25) is 11.9 Å². The van der Waals surface area contributed by atoms with E-state index in [1.165, 1.54) is 6.08 Å². The molecule has 0 saturated carbocycles. The van der Waals surface area contributed by atoms with Gasteiger partial charge in [-0.05, 0) is 56.6 Å². The molecular weight excluding hydrogens is 480 g/mol. The molecule has 0 spiro atoms. The van der Waals surface area contributed by atoms with Gasteiger partial charge in [0.1, 0.15) is 11.6 Å². The zero-order valence-electron chi connectivity index (χ0n) is 21.9. The number of likely N-dealkylation sites (N-methyl/N-ethyl adjacent to an activating group) is 2. The number of anilines is 4. The highest BCUT2D eigenvalue weighted by atomic mass is 16.5. The van der Waals surface area contributed by atoms with Crippen LogP contribution in [-0.2, 0) is 4.79 Å². The molecule has 0 aliphatic rings. The van der Waals surface area contributed by atoms with Gasteiger partial charge in [0.25, 0.3) is 0 Å². The highest BCUT2D eigenvalue weighted by molar-refractivity contribution is 6.02. The molecule has 0 radical (unpaired) electrons. The number of rotatable bonds is 10. The molecule has 1 amide bonds. The van der Waals surface area contributed by atoms with E-state index in [4.69, 9.17) is 9.72 Å². The third-order valence-electron chi connectivity index (χ3n) is 6.01. The number of aromatic nitrogens is 3. The molecule has 10 heteroatoms. The second-order valence-electron chi connectivity index (χ2n) is 8.92.